The van der Waals surface area contributed by atoms with Crippen molar-refractivity contribution in [1.29, 1.82) is 0 Å². The molecule has 3 aromatic rings. The van der Waals surface area contributed by atoms with Gasteiger partial charge in [0, 0.05) is 26.4 Å². The molecule has 1 N–H and O–H groups in total. The molecular weight excluding hydrogens is 414 g/mol. The molecule has 2 aromatic heterocycles. The molecule has 1 amide bonds. The van der Waals surface area contributed by atoms with E-state index in [1.54, 1.807) is 36.5 Å². The quantitative estimate of drug-likeness (QED) is 0.369. The van der Waals surface area contributed by atoms with E-state index in [4.69, 9.17) is 16.3 Å². The second-order valence-corrected chi connectivity index (χ2v) is 8.42. The van der Waals surface area contributed by atoms with Crippen LogP contribution in [0.2, 0.25) is 5.02 Å². The SMILES string of the molecule is CCOC(=O)c1c(NC(=O)/C=C/c2ccc(Cl)cc2)sc(C)c1-c1cccs1. The highest BCUT2D eigenvalue weighted by molar-refractivity contribution is 7.18. The molecule has 0 bridgehead atoms. The number of thiophene rings is 2. The van der Waals surface area contributed by atoms with Crippen LogP contribution >= 0.6 is 34.3 Å². The Kier molecular flexibility index (Phi) is 6.67. The van der Waals surface area contributed by atoms with Crippen LogP contribution in [0.15, 0.2) is 47.9 Å². The van der Waals surface area contributed by atoms with E-state index in [-0.39, 0.29) is 12.5 Å². The van der Waals surface area contributed by atoms with Crippen molar-refractivity contribution in [3.63, 3.8) is 0 Å². The first kappa shape index (κ1) is 20.3. The molecule has 0 spiro atoms. The van der Waals surface area contributed by atoms with E-state index < -0.39 is 5.97 Å². The normalized spacial score (nSPS) is 11.0. The van der Waals surface area contributed by atoms with Crippen LogP contribution in [0.25, 0.3) is 16.5 Å². The van der Waals surface area contributed by atoms with Crippen LogP contribution in [-0.4, -0.2) is 18.5 Å². The summed E-state index contributed by atoms with van der Waals surface area (Å²) in [6.45, 7) is 3.96. The molecule has 0 radical (unpaired) electrons. The monoisotopic (exact) mass is 431 g/mol. The zero-order valence-corrected chi connectivity index (χ0v) is 17.7. The molecule has 0 saturated heterocycles. The number of amides is 1. The highest BCUT2D eigenvalue weighted by Gasteiger charge is 2.25. The molecule has 0 saturated carbocycles. The minimum atomic E-state index is -0.438. The molecular formula is C21H18ClNO3S2. The van der Waals surface area contributed by atoms with Crippen LogP contribution in [0.4, 0.5) is 5.00 Å². The molecule has 3 rings (SSSR count). The first-order valence-corrected chi connectivity index (χ1v) is 10.7. The third-order valence-corrected chi connectivity index (χ3v) is 6.03. The molecule has 0 unspecified atom stereocenters. The van der Waals surface area contributed by atoms with Crippen LogP contribution in [0.3, 0.4) is 0 Å². The van der Waals surface area contributed by atoms with Crippen LogP contribution < -0.4 is 5.32 Å². The standard InChI is InChI=1S/C21H18ClNO3S2/c1-3-26-21(25)19-18(16-5-4-12-27-16)13(2)28-20(19)23-17(24)11-8-14-6-9-15(22)10-7-14/h4-12H,3H2,1-2H3,(H,23,24)/b11-8+. The van der Waals surface area contributed by atoms with Gasteiger partial charge < -0.3 is 10.1 Å². The van der Waals surface area contributed by atoms with Crippen molar-refractivity contribution in [2.45, 2.75) is 13.8 Å². The number of esters is 1. The van der Waals surface area contributed by atoms with Gasteiger partial charge in [-0.1, -0.05) is 29.8 Å². The maximum absolute atomic E-state index is 12.6. The molecule has 28 heavy (non-hydrogen) atoms. The van der Waals surface area contributed by atoms with E-state index in [1.165, 1.54) is 17.4 Å². The van der Waals surface area contributed by atoms with Crippen molar-refractivity contribution in [3.8, 4) is 10.4 Å². The maximum atomic E-state index is 12.6. The lowest BCUT2D eigenvalue weighted by Gasteiger charge is -2.07. The Morgan fingerprint density at radius 2 is 1.96 bits per heavy atom. The summed E-state index contributed by atoms with van der Waals surface area (Å²) in [5.74, 6) is -0.758. The smallest absolute Gasteiger partial charge is 0.341 e. The van der Waals surface area contributed by atoms with Crippen LogP contribution in [0.5, 0.6) is 0 Å². The summed E-state index contributed by atoms with van der Waals surface area (Å²) in [7, 11) is 0. The lowest BCUT2D eigenvalue weighted by atomic mass is 10.1. The Bertz CT molecular complexity index is 1010. The second kappa shape index (κ2) is 9.19. The average molecular weight is 432 g/mol. The van der Waals surface area contributed by atoms with E-state index >= 15 is 0 Å². The van der Waals surface area contributed by atoms with Crippen molar-refractivity contribution in [2.24, 2.45) is 0 Å². The zero-order chi connectivity index (χ0) is 20.1. The van der Waals surface area contributed by atoms with Crippen LogP contribution in [0.1, 0.15) is 27.7 Å². The minimum Gasteiger partial charge on any atom is -0.462 e. The number of nitrogens with one attached hydrogen (secondary N) is 1. The number of benzene rings is 1. The van der Waals surface area contributed by atoms with Crippen LogP contribution in [-0.2, 0) is 9.53 Å². The summed E-state index contributed by atoms with van der Waals surface area (Å²) in [4.78, 5) is 26.9. The Hall–Kier alpha value is -2.41. The number of rotatable bonds is 6. The lowest BCUT2D eigenvalue weighted by molar-refractivity contribution is -0.111. The average Bonchev–Trinajstić information content (AvgIpc) is 3.29. The van der Waals surface area contributed by atoms with Crippen molar-refractivity contribution >= 4 is 57.2 Å². The van der Waals surface area contributed by atoms with Gasteiger partial charge in [-0.05, 0) is 49.1 Å². The number of hydrogen-bond acceptors (Lipinski definition) is 5. The molecule has 0 fully saturated rings. The number of ether oxygens (including phenoxy) is 1. The lowest BCUT2D eigenvalue weighted by Crippen LogP contribution is -2.12. The molecule has 0 aliphatic heterocycles. The fourth-order valence-corrected chi connectivity index (χ4v) is 4.73. The van der Waals surface area contributed by atoms with E-state index in [1.807, 2.05) is 36.6 Å². The fourth-order valence-electron chi connectivity index (χ4n) is 2.65. The van der Waals surface area contributed by atoms with Gasteiger partial charge in [-0.15, -0.1) is 22.7 Å². The van der Waals surface area contributed by atoms with E-state index in [0.29, 0.717) is 15.6 Å². The van der Waals surface area contributed by atoms with Gasteiger partial charge >= 0.3 is 5.97 Å². The topological polar surface area (TPSA) is 55.4 Å². The van der Waals surface area contributed by atoms with Gasteiger partial charge in [-0.3, -0.25) is 4.79 Å². The minimum absolute atomic E-state index is 0.265. The second-order valence-electron chi connectivity index (χ2n) is 5.81. The fraction of sp³-hybridized carbons (Fsp3) is 0.143. The zero-order valence-electron chi connectivity index (χ0n) is 15.3. The third kappa shape index (κ3) is 4.70. The summed E-state index contributed by atoms with van der Waals surface area (Å²) in [6.07, 6.45) is 3.12. The molecule has 4 nitrogen and oxygen atoms in total. The summed E-state index contributed by atoms with van der Waals surface area (Å²) in [5, 5.41) is 5.90. The van der Waals surface area contributed by atoms with E-state index in [0.717, 1.165) is 20.9 Å². The van der Waals surface area contributed by atoms with Crippen LogP contribution in [0, 0.1) is 6.92 Å². The van der Waals surface area contributed by atoms with Gasteiger partial charge in [-0.2, -0.15) is 0 Å². The summed E-state index contributed by atoms with van der Waals surface area (Å²) >= 11 is 8.78. The van der Waals surface area contributed by atoms with Gasteiger partial charge in [0.15, 0.2) is 0 Å². The Labute approximate surface area is 176 Å². The van der Waals surface area contributed by atoms with Crippen molar-refractivity contribution < 1.29 is 14.3 Å². The highest BCUT2D eigenvalue weighted by Crippen LogP contribution is 2.42. The van der Waals surface area contributed by atoms with E-state index in [9.17, 15) is 9.59 Å². The first-order chi connectivity index (χ1) is 13.5. The van der Waals surface area contributed by atoms with Gasteiger partial charge in [0.1, 0.15) is 10.6 Å². The molecule has 0 aliphatic carbocycles. The summed E-state index contributed by atoms with van der Waals surface area (Å²) < 4.78 is 5.23. The molecule has 7 heteroatoms. The number of anilines is 1. The van der Waals surface area contributed by atoms with Crippen molar-refractivity contribution in [1.82, 2.24) is 0 Å². The Balaban J connectivity index is 1.88. The first-order valence-electron chi connectivity index (χ1n) is 8.58. The van der Waals surface area contributed by atoms with Gasteiger partial charge in [0.2, 0.25) is 5.91 Å². The number of halogens is 1. The molecule has 0 atom stereocenters. The summed E-state index contributed by atoms with van der Waals surface area (Å²) in [6, 6.07) is 11.0. The van der Waals surface area contributed by atoms with Gasteiger partial charge in [0.05, 0.1) is 6.61 Å². The predicted octanol–water partition coefficient (Wildman–Crippen LogP) is 6.27. The number of carbonyl (C=O) groups excluding carboxylic acids is 2. The van der Waals surface area contributed by atoms with Crippen molar-refractivity contribution in [2.75, 3.05) is 11.9 Å². The van der Waals surface area contributed by atoms with Crippen molar-refractivity contribution in [3.05, 3.63) is 68.9 Å². The molecule has 144 valence electrons. The molecule has 1 aromatic carbocycles. The number of carbonyl (C=O) groups is 2. The Morgan fingerprint density at radius 1 is 1.21 bits per heavy atom. The van der Waals surface area contributed by atoms with Gasteiger partial charge in [-0.25, -0.2) is 4.79 Å². The number of hydrogen-bond donors (Lipinski definition) is 1. The third-order valence-electron chi connectivity index (χ3n) is 3.87. The molecule has 0 aliphatic rings. The largest absolute Gasteiger partial charge is 0.462 e. The summed E-state index contributed by atoms with van der Waals surface area (Å²) in [5.41, 5.74) is 2.07. The Morgan fingerprint density at radius 3 is 2.61 bits per heavy atom. The van der Waals surface area contributed by atoms with E-state index in [2.05, 4.69) is 5.32 Å². The molecule has 2 heterocycles. The maximum Gasteiger partial charge on any atom is 0.341 e. The highest BCUT2D eigenvalue weighted by atomic mass is 35.5. The predicted molar refractivity (Wildman–Crippen MR) is 117 cm³/mol. The van der Waals surface area contributed by atoms with Gasteiger partial charge in [0.25, 0.3) is 0 Å². The number of aryl methyl sites for hydroxylation is 1.